The maximum Gasteiger partial charge on any atom is 0.255 e. The highest BCUT2D eigenvalue weighted by Crippen LogP contribution is 2.23. The molecule has 24 heavy (non-hydrogen) atoms. The van der Waals surface area contributed by atoms with E-state index < -0.39 is 17.5 Å². The second kappa shape index (κ2) is 6.19. The van der Waals surface area contributed by atoms with E-state index in [0.717, 1.165) is 17.0 Å². The minimum atomic E-state index is -1.06. The first kappa shape index (κ1) is 15.8. The number of amides is 3. The molecule has 0 atom stereocenters. The summed E-state index contributed by atoms with van der Waals surface area (Å²) < 4.78 is 26.0. The Morgan fingerprint density at radius 1 is 0.917 bits per heavy atom. The second-order valence-corrected chi connectivity index (χ2v) is 5.25. The number of rotatable bonds is 3. The Balaban J connectivity index is 1.75. The number of hydrogen-bond acceptors (Lipinski definition) is 3. The van der Waals surface area contributed by atoms with E-state index in [4.69, 9.17) is 0 Å². The first-order valence-corrected chi connectivity index (χ1v) is 7.18. The molecule has 0 saturated carbocycles. The van der Waals surface area contributed by atoms with Crippen LogP contribution in [0.15, 0.2) is 42.5 Å². The van der Waals surface area contributed by atoms with E-state index in [1.165, 1.54) is 30.3 Å². The molecule has 2 aromatic rings. The van der Waals surface area contributed by atoms with Crippen LogP contribution in [0.3, 0.4) is 0 Å². The molecule has 0 unspecified atom stereocenters. The van der Waals surface area contributed by atoms with Gasteiger partial charge in [0.05, 0.1) is 5.69 Å². The summed E-state index contributed by atoms with van der Waals surface area (Å²) in [6, 6.07) is 8.91. The van der Waals surface area contributed by atoms with Crippen molar-refractivity contribution in [2.24, 2.45) is 0 Å². The minimum absolute atomic E-state index is 0.118. The van der Waals surface area contributed by atoms with Crippen molar-refractivity contribution in [3.05, 3.63) is 59.7 Å². The van der Waals surface area contributed by atoms with Crippen molar-refractivity contribution >= 4 is 29.1 Å². The first-order valence-electron chi connectivity index (χ1n) is 7.18. The third kappa shape index (κ3) is 3.01. The molecule has 122 valence electrons. The maximum absolute atomic E-state index is 13.1. The van der Waals surface area contributed by atoms with Crippen molar-refractivity contribution in [2.45, 2.75) is 12.8 Å². The van der Waals surface area contributed by atoms with Crippen LogP contribution >= 0.6 is 0 Å². The molecule has 1 aliphatic rings. The summed E-state index contributed by atoms with van der Waals surface area (Å²) in [7, 11) is 0. The van der Waals surface area contributed by atoms with Crippen LogP contribution in [-0.4, -0.2) is 17.7 Å². The van der Waals surface area contributed by atoms with E-state index >= 15 is 0 Å². The van der Waals surface area contributed by atoms with E-state index in [1.54, 1.807) is 0 Å². The Morgan fingerprint density at radius 2 is 1.54 bits per heavy atom. The lowest BCUT2D eigenvalue weighted by atomic mass is 10.1. The standard InChI is InChI=1S/C17H12F2N2O3/c18-13-6-3-11(9-14(13)19)20-17(24)10-1-4-12(5-2-10)21-15(22)7-8-16(21)23/h1-6,9H,7-8H2,(H,20,24). The Hall–Kier alpha value is -3.09. The van der Waals surface area contributed by atoms with Crippen molar-refractivity contribution in [3.63, 3.8) is 0 Å². The zero-order valence-electron chi connectivity index (χ0n) is 12.4. The molecule has 3 rings (SSSR count). The molecule has 0 spiro atoms. The van der Waals surface area contributed by atoms with E-state index in [2.05, 4.69) is 5.32 Å². The second-order valence-electron chi connectivity index (χ2n) is 5.25. The van der Waals surface area contributed by atoms with Crippen molar-refractivity contribution in [3.8, 4) is 0 Å². The summed E-state index contributed by atoms with van der Waals surface area (Å²) >= 11 is 0. The summed E-state index contributed by atoms with van der Waals surface area (Å²) in [6.45, 7) is 0. The van der Waals surface area contributed by atoms with Crippen LogP contribution in [0.25, 0.3) is 0 Å². The molecule has 1 aliphatic heterocycles. The van der Waals surface area contributed by atoms with Gasteiger partial charge in [-0.15, -0.1) is 0 Å². The highest BCUT2D eigenvalue weighted by molar-refractivity contribution is 6.20. The summed E-state index contributed by atoms with van der Waals surface area (Å²) in [4.78, 5) is 36.5. The van der Waals surface area contributed by atoms with Crippen molar-refractivity contribution in [2.75, 3.05) is 10.2 Å². The number of hydrogen-bond donors (Lipinski definition) is 1. The predicted molar refractivity (Wildman–Crippen MR) is 82.5 cm³/mol. The molecule has 0 bridgehead atoms. The van der Waals surface area contributed by atoms with E-state index in [0.29, 0.717) is 5.69 Å². The van der Waals surface area contributed by atoms with Gasteiger partial charge in [-0.25, -0.2) is 8.78 Å². The van der Waals surface area contributed by atoms with Gasteiger partial charge >= 0.3 is 0 Å². The zero-order valence-corrected chi connectivity index (χ0v) is 12.4. The Kier molecular flexibility index (Phi) is 4.07. The number of anilines is 2. The fraction of sp³-hybridized carbons (Fsp3) is 0.118. The van der Waals surface area contributed by atoms with Gasteiger partial charge in [0, 0.05) is 30.2 Å². The zero-order chi connectivity index (χ0) is 17.3. The molecule has 0 aromatic heterocycles. The molecule has 1 heterocycles. The maximum atomic E-state index is 13.1. The molecule has 2 aromatic carbocycles. The summed E-state index contributed by atoms with van der Waals surface area (Å²) in [5.41, 5.74) is 0.766. The number of imide groups is 1. The molecule has 1 N–H and O–H groups in total. The normalized spacial score (nSPS) is 14.2. The van der Waals surface area contributed by atoms with Crippen LogP contribution in [0.2, 0.25) is 0 Å². The topological polar surface area (TPSA) is 66.5 Å². The largest absolute Gasteiger partial charge is 0.322 e. The monoisotopic (exact) mass is 330 g/mol. The molecule has 0 radical (unpaired) electrons. The number of nitrogens with zero attached hydrogens (tertiary/aromatic N) is 1. The summed E-state index contributed by atoms with van der Waals surface area (Å²) in [5.74, 6) is -3.14. The Labute approximate surface area is 135 Å². The minimum Gasteiger partial charge on any atom is -0.322 e. The van der Waals surface area contributed by atoms with E-state index in [-0.39, 0.29) is 35.9 Å². The highest BCUT2D eigenvalue weighted by atomic mass is 19.2. The smallest absolute Gasteiger partial charge is 0.255 e. The van der Waals surface area contributed by atoms with Gasteiger partial charge in [0.1, 0.15) is 0 Å². The molecule has 3 amide bonds. The van der Waals surface area contributed by atoms with Gasteiger partial charge in [-0.3, -0.25) is 19.3 Å². The lowest BCUT2D eigenvalue weighted by molar-refractivity contribution is -0.121. The molecular weight excluding hydrogens is 318 g/mol. The fourth-order valence-corrected chi connectivity index (χ4v) is 2.40. The van der Waals surface area contributed by atoms with Gasteiger partial charge in [-0.1, -0.05) is 0 Å². The predicted octanol–water partition coefficient (Wildman–Crippen LogP) is 2.87. The number of halogens is 2. The fourth-order valence-electron chi connectivity index (χ4n) is 2.40. The Morgan fingerprint density at radius 3 is 2.12 bits per heavy atom. The van der Waals surface area contributed by atoms with Gasteiger partial charge < -0.3 is 5.32 Å². The summed E-state index contributed by atoms with van der Waals surface area (Å²) in [6.07, 6.45) is 0.356. The van der Waals surface area contributed by atoms with Gasteiger partial charge in [0.2, 0.25) is 11.8 Å². The van der Waals surface area contributed by atoms with Crippen molar-refractivity contribution in [1.29, 1.82) is 0 Å². The average molecular weight is 330 g/mol. The van der Waals surface area contributed by atoms with Gasteiger partial charge in [0.25, 0.3) is 5.91 Å². The van der Waals surface area contributed by atoms with Gasteiger partial charge in [-0.2, -0.15) is 0 Å². The molecule has 5 nitrogen and oxygen atoms in total. The van der Waals surface area contributed by atoms with Crippen LogP contribution in [-0.2, 0) is 9.59 Å². The highest BCUT2D eigenvalue weighted by Gasteiger charge is 2.30. The summed E-state index contributed by atoms with van der Waals surface area (Å²) in [5, 5.41) is 2.44. The third-order valence-electron chi connectivity index (χ3n) is 3.62. The lowest BCUT2D eigenvalue weighted by Crippen LogP contribution is -2.28. The van der Waals surface area contributed by atoms with Crippen molar-refractivity contribution < 1.29 is 23.2 Å². The van der Waals surface area contributed by atoms with Crippen LogP contribution in [0.5, 0.6) is 0 Å². The van der Waals surface area contributed by atoms with E-state index in [9.17, 15) is 23.2 Å². The average Bonchev–Trinajstić information content (AvgIpc) is 2.90. The number of benzene rings is 2. The lowest BCUT2D eigenvalue weighted by Gasteiger charge is -2.14. The molecule has 1 fully saturated rings. The van der Waals surface area contributed by atoms with E-state index in [1.807, 2.05) is 0 Å². The number of carbonyl (C=O) groups is 3. The van der Waals surface area contributed by atoms with Gasteiger partial charge in [-0.05, 0) is 36.4 Å². The van der Waals surface area contributed by atoms with Crippen LogP contribution in [0, 0.1) is 11.6 Å². The van der Waals surface area contributed by atoms with Crippen LogP contribution < -0.4 is 10.2 Å². The Bertz CT molecular complexity index is 818. The molecule has 1 saturated heterocycles. The quantitative estimate of drug-likeness (QED) is 0.880. The first-order chi connectivity index (χ1) is 11.5. The van der Waals surface area contributed by atoms with Crippen LogP contribution in [0.4, 0.5) is 20.2 Å². The third-order valence-corrected chi connectivity index (χ3v) is 3.62. The number of carbonyl (C=O) groups excluding carboxylic acids is 3. The molecule has 0 aliphatic carbocycles. The SMILES string of the molecule is O=C(Nc1ccc(F)c(F)c1)c1ccc(N2C(=O)CCC2=O)cc1. The molecule has 7 heteroatoms. The van der Waals surface area contributed by atoms with Crippen molar-refractivity contribution in [1.82, 2.24) is 0 Å². The van der Waals surface area contributed by atoms with Crippen LogP contribution in [0.1, 0.15) is 23.2 Å². The molecular formula is C17H12F2N2O3. The number of nitrogens with one attached hydrogen (secondary N) is 1. The van der Waals surface area contributed by atoms with Gasteiger partial charge in [0.15, 0.2) is 11.6 Å².